The summed E-state index contributed by atoms with van der Waals surface area (Å²) in [5, 5.41) is 0. The van der Waals surface area contributed by atoms with Crippen LogP contribution in [0.1, 0.15) is 34.3 Å². The average Bonchev–Trinajstić information content (AvgIpc) is 2.76. The van der Waals surface area contributed by atoms with Gasteiger partial charge in [0, 0.05) is 23.7 Å². The zero-order valence-corrected chi connectivity index (χ0v) is 12.6. The predicted molar refractivity (Wildman–Crippen MR) is 87.1 cm³/mol. The van der Waals surface area contributed by atoms with Crippen LogP contribution in [0.25, 0.3) is 0 Å². The zero-order chi connectivity index (χ0) is 14.7. The van der Waals surface area contributed by atoms with E-state index in [0.29, 0.717) is 11.4 Å². The number of hydrogen-bond acceptors (Lipinski definition) is 1. The van der Waals surface area contributed by atoms with Gasteiger partial charge in [-0.1, -0.05) is 30.3 Å². The van der Waals surface area contributed by atoms with E-state index in [2.05, 4.69) is 6.07 Å². The number of halogens is 1. The Hall–Kier alpha value is -1.80. The van der Waals surface area contributed by atoms with E-state index in [1.165, 1.54) is 5.56 Å². The number of carbonyl (C=O) groups is 1. The summed E-state index contributed by atoms with van der Waals surface area (Å²) in [5.74, 6) is 0.494. The molecule has 0 bridgehead atoms. The molecular weight excluding hydrogens is 282 g/mol. The zero-order valence-electron chi connectivity index (χ0n) is 11.9. The van der Waals surface area contributed by atoms with E-state index in [-0.39, 0.29) is 5.91 Å². The number of amides is 1. The second-order valence-corrected chi connectivity index (χ2v) is 5.64. The Morgan fingerprint density at radius 1 is 1.10 bits per heavy atom. The molecule has 3 rings (SSSR count). The minimum Gasteiger partial charge on any atom is -0.308 e. The molecule has 21 heavy (non-hydrogen) atoms. The molecular formula is C18H18ClNO. The summed E-state index contributed by atoms with van der Waals surface area (Å²) in [6.45, 7) is 0.779. The summed E-state index contributed by atoms with van der Waals surface area (Å²) in [6.07, 6.45) is 3.21. The maximum Gasteiger partial charge on any atom is 0.258 e. The first-order valence-corrected chi connectivity index (χ1v) is 7.88. The lowest BCUT2D eigenvalue weighted by atomic mass is 10.1. The third kappa shape index (κ3) is 2.96. The molecule has 1 aliphatic rings. The Morgan fingerprint density at radius 2 is 1.95 bits per heavy atom. The van der Waals surface area contributed by atoms with Gasteiger partial charge in [-0.3, -0.25) is 4.79 Å². The molecule has 108 valence electrons. The molecule has 1 aliphatic heterocycles. The smallest absolute Gasteiger partial charge is 0.258 e. The Balaban J connectivity index is 1.97. The third-order valence-electron chi connectivity index (χ3n) is 3.93. The Labute approximate surface area is 130 Å². The lowest BCUT2D eigenvalue weighted by Crippen LogP contribution is -2.31. The second kappa shape index (κ2) is 6.31. The monoisotopic (exact) mass is 299 g/mol. The number of nitrogens with zero attached hydrogens (tertiary/aromatic N) is 1. The van der Waals surface area contributed by atoms with Crippen LogP contribution in [-0.4, -0.2) is 12.5 Å². The molecule has 0 saturated heterocycles. The summed E-state index contributed by atoms with van der Waals surface area (Å²) in [7, 11) is 0. The van der Waals surface area contributed by atoms with Crippen molar-refractivity contribution in [3.63, 3.8) is 0 Å². The van der Waals surface area contributed by atoms with Crippen molar-refractivity contribution in [3.05, 3.63) is 65.2 Å². The normalized spacial score (nSPS) is 14.4. The topological polar surface area (TPSA) is 20.3 Å². The van der Waals surface area contributed by atoms with Gasteiger partial charge in [0.15, 0.2) is 0 Å². The number of rotatable bonds is 2. The summed E-state index contributed by atoms with van der Waals surface area (Å²) in [6, 6.07) is 15.8. The second-order valence-electron chi connectivity index (χ2n) is 5.38. The van der Waals surface area contributed by atoms with Crippen LogP contribution in [0.2, 0.25) is 0 Å². The molecule has 2 aromatic rings. The largest absolute Gasteiger partial charge is 0.308 e. The van der Waals surface area contributed by atoms with Gasteiger partial charge in [0.05, 0.1) is 0 Å². The van der Waals surface area contributed by atoms with Crippen LogP contribution in [0, 0.1) is 0 Å². The maximum atomic E-state index is 12.9. The number of aryl methyl sites for hydroxylation is 1. The highest BCUT2D eigenvalue weighted by molar-refractivity contribution is 6.17. The summed E-state index contributed by atoms with van der Waals surface area (Å²) in [4.78, 5) is 14.8. The minimum absolute atomic E-state index is 0.0660. The molecule has 0 spiro atoms. The number of para-hydroxylation sites is 1. The Morgan fingerprint density at radius 3 is 2.81 bits per heavy atom. The number of carbonyl (C=O) groups excluding carboxylic acids is 1. The standard InChI is InChI=1S/C18H18ClNO/c19-13-14-6-5-9-16(12-14)18(21)20-11-4-3-8-15-7-1-2-10-17(15)20/h1-2,5-7,9-10,12H,3-4,8,11,13H2. The van der Waals surface area contributed by atoms with E-state index in [9.17, 15) is 4.79 Å². The molecule has 0 saturated carbocycles. The van der Waals surface area contributed by atoms with Crippen LogP contribution in [0.5, 0.6) is 0 Å². The molecule has 2 aromatic carbocycles. The molecule has 0 atom stereocenters. The van der Waals surface area contributed by atoms with Crippen molar-refractivity contribution in [3.8, 4) is 0 Å². The van der Waals surface area contributed by atoms with Crippen molar-refractivity contribution < 1.29 is 4.79 Å². The molecule has 0 aromatic heterocycles. The van der Waals surface area contributed by atoms with Crippen molar-refractivity contribution in [1.82, 2.24) is 0 Å². The first-order chi connectivity index (χ1) is 10.3. The molecule has 0 aliphatic carbocycles. The van der Waals surface area contributed by atoms with Gasteiger partial charge < -0.3 is 4.90 Å². The van der Waals surface area contributed by atoms with Crippen molar-refractivity contribution in [2.75, 3.05) is 11.4 Å². The van der Waals surface area contributed by atoms with Crippen LogP contribution in [0.3, 0.4) is 0 Å². The molecule has 0 fully saturated rings. The van der Waals surface area contributed by atoms with Crippen LogP contribution in [-0.2, 0) is 12.3 Å². The number of alkyl halides is 1. The maximum absolute atomic E-state index is 12.9. The Bertz CT molecular complexity index is 653. The van der Waals surface area contributed by atoms with E-state index < -0.39 is 0 Å². The molecule has 0 unspecified atom stereocenters. The summed E-state index contributed by atoms with van der Waals surface area (Å²) >= 11 is 5.87. The van der Waals surface area contributed by atoms with Crippen LogP contribution < -0.4 is 4.90 Å². The van der Waals surface area contributed by atoms with Crippen molar-refractivity contribution >= 4 is 23.2 Å². The van der Waals surface area contributed by atoms with Crippen LogP contribution in [0.15, 0.2) is 48.5 Å². The van der Waals surface area contributed by atoms with E-state index in [1.54, 1.807) is 0 Å². The van der Waals surface area contributed by atoms with Gasteiger partial charge >= 0.3 is 0 Å². The number of benzene rings is 2. The van der Waals surface area contributed by atoms with Gasteiger partial charge in [0.2, 0.25) is 0 Å². The first-order valence-electron chi connectivity index (χ1n) is 7.34. The van der Waals surface area contributed by atoms with Gasteiger partial charge in [0.25, 0.3) is 5.91 Å². The van der Waals surface area contributed by atoms with Crippen molar-refractivity contribution in [2.45, 2.75) is 25.1 Å². The summed E-state index contributed by atoms with van der Waals surface area (Å²) in [5.41, 5.74) is 4.00. The number of hydrogen-bond donors (Lipinski definition) is 0. The third-order valence-corrected chi connectivity index (χ3v) is 4.24. The molecule has 1 heterocycles. The first kappa shape index (κ1) is 14.2. The number of fused-ring (bicyclic) bond motifs is 1. The fraction of sp³-hybridized carbons (Fsp3) is 0.278. The van der Waals surface area contributed by atoms with Crippen molar-refractivity contribution in [2.24, 2.45) is 0 Å². The minimum atomic E-state index is 0.0660. The fourth-order valence-corrected chi connectivity index (χ4v) is 3.01. The van der Waals surface area contributed by atoms with Gasteiger partial charge in [0.1, 0.15) is 0 Å². The highest BCUT2D eigenvalue weighted by Gasteiger charge is 2.22. The lowest BCUT2D eigenvalue weighted by molar-refractivity contribution is 0.0987. The van der Waals surface area contributed by atoms with E-state index >= 15 is 0 Å². The highest BCUT2D eigenvalue weighted by atomic mass is 35.5. The molecule has 3 heteroatoms. The summed E-state index contributed by atoms with van der Waals surface area (Å²) < 4.78 is 0. The van der Waals surface area contributed by atoms with Gasteiger partial charge in [-0.15, -0.1) is 11.6 Å². The van der Waals surface area contributed by atoms with E-state index in [4.69, 9.17) is 11.6 Å². The van der Waals surface area contributed by atoms with Gasteiger partial charge in [-0.05, 0) is 48.6 Å². The van der Waals surface area contributed by atoms with Crippen LogP contribution in [0.4, 0.5) is 5.69 Å². The van der Waals surface area contributed by atoms with Crippen molar-refractivity contribution in [1.29, 1.82) is 0 Å². The van der Waals surface area contributed by atoms with Gasteiger partial charge in [-0.25, -0.2) is 0 Å². The SMILES string of the molecule is O=C(c1cccc(CCl)c1)N1CCCCc2ccccc21. The van der Waals surface area contributed by atoms with E-state index in [1.807, 2.05) is 47.4 Å². The highest BCUT2D eigenvalue weighted by Crippen LogP contribution is 2.27. The molecule has 2 nitrogen and oxygen atoms in total. The Kier molecular flexibility index (Phi) is 4.26. The van der Waals surface area contributed by atoms with Gasteiger partial charge in [-0.2, -0.15) is 0 Å². The van der Waals surface area contributed by atoms with Crippen LogP contribution >= 0.6 is 11.6 Å². The molecule has 0 N–H and O–H groups in total. The average molecular weight is 300 g/mol. The number of anilines is 1. The lowest BCUT2D eigenvalue weighted by Gasteiger charge is -2.23. The fourth-order valence-electron chi connectivity index (χ4n) is 2.85. The molecule has 1 amide bonds. The van der Waals surface area contributed by atoms with E-state index in [0.717, 1.165) is 37.1 Å². The molecule has 0 radical (unpaired) electrons. The quantitative estimate of drug-likeness (QED) is 0.752. The predicted octanol–water partition coefficient (Wildman–Crippen LogP) is 4.41.